The van der Waals surface area contributed by atoms with Gasteiger partial charge in [-0.25, -0.2) is 4.98 Å². The molecule has 2 aromatic heterocycles. The predicted octanol–water partition coefficient (Wildman–Crippen LogP) is 1.68. The third-order valence-electron chi connectivity index (χ3n) is 3.97. The van der Waals surface area contributed by atoms with Gasteiger partial charge in [0.1, 0.15) is 11.3 Å². The van der Waals surface area contributed by atoms with E-state index < -0.39 is 0 Å². The van der Waals surface area contributed by atoms with Gasteiger partial charge in [-0.2, -0.15) is 0 Å². The molecular formula is C15H20N4O. The van der Waals surface area contributed by atoms with Gasteiger partial charge in [-0.3, -0.25) is 9.20 Å². The Balaban J connectivity index is 1.90. The largest absolute Gasteiger partial charge is 0.369 e. The minimum atomic E-state index is 0.129. The maximum Gasteiger partial charge on any atom is 0.180 e. The van der Waals surface area contributed by atoms with Gasteiger partial charge < -0.3 is 9.80 Å². The van der Waals surface area contributed by atoms with E-state index in [1.807, 2.05) is 17.5 Å². The number of fused-ring (bicyclic) bond motifs is 1. The molecule has 0 atom stereocenters. The fourth-order valence-corrected chi connectivity index (χ4v) is 2.62. The van der Waals surface area contributed by atoms with Crippen LogP contribution in [-0.2, 0) is 0 Å². The first kappa shape index (κ1) is 13.1. The van der Waals surface area contributed by atoms with E-state index in [2.05, 4.69) is 34.0 Å². The van der Waals surface area contributed by atoms with Crippen LogP contribution in [0.1, 0.15) is 23.8 Å². The number of imidazole rings is 1. The summed E-state index contributed by atoms with van der Waals surface area (Å²) in [7, 11) is 2.15. The molecule has 0 bridgehead atoms. The fourth-order valence-electron chi connectivity index (χ4n) is 2.62. The average Bonchev–Trinajstić information content (AvgIpc) is 2.90. The van der Waals surface area contributed by atoms with Crippen molar-refractivity contribution < 1.29 is 4.79 Å². The molecule has 0 aliphatic carbocycles. The SMILES string of the molecule is CCC(=O)c1cnc2cc(N3CCN(C)CC3)ccn12. The molecule has 0 aromatic carbocycles. The van der Waals surface area contributed by atoms with Gasteiger partial charge in [0.2, 0.25) is 0 Å². The van der Waals surface area contributed by atoms with E-state index >= 15 is 0 Å². The van der Waals surface area contributed by atoms with Crippen LogP contribution in [0, 0.1) is 0 Å². The number of carbonyl (C=O) groups excluding carboxylic acids is 1. The standard InChI is InChI=1S/C15H20N4O/c1-3-14(20)13-11-16-15-10-12(4-5-19(13)15)18-8-6-17(2)7-9-18/h4-5,10-11H,3,6-9H2,1-2H3. The van der Waals surface area contributed by atoms with Gasteiger partial charge in [-0.1, -0.05) is 6.92 Å². The lowest BCUT2D eigenvalue weighted by atomic mass is 10.2. The Morgan fingerprint density at radius 1 is 1.30 bits per heavy atom. The normalized spacial score (nSPS) is 16.8. The monoisotopic (exact) mass is 272 g/mol. The molecule has 0 saturated carbocycles. The summed E-state index contributed by atoms with van der Waals surface area (Å²) >= 11 is 0. The van der Waals surface area contributed by atoms with Crippen molar-refractivity contribution in [3.05, 3.63) is 30.2 Å². The minimum absolute atomic E-state index is 0.129. The number of hydrogen-bond donors (Lipinski definition) is 0. The van der Waals surface area contributed by atoms with Gasteiger partial charge >= 0.3 is 0 Å². The molecule has 3 rings (SSSR count). The number of Topliss-reactive ketones (excluding diaryl/α,β-unsaturated/α-hetero) is 1. The highest BCUT2D eigenvalue weighted by atomic mass is 16.1. The Hall–Kier alpha value is -1.88. The second-order valence-electron chi connectivity index (χ2n) is 5.32. The predicted molar refractivity (Wildman–Crippen MR) is 79.5 cm³/mol. The van der Waals surface area contributed by atoms with Crippen molar-refractivity contribution in [3.63, 3.8) is 0 Å². The summed E-state index contributed by atoms with van der Waals surface area (Å²) < 4.78 is 1.88. The second-order valence-corrected chi connectivity index (χ2v) is 5.32. The minimum Gasteiger partial charge on any atom is -0.369 e. The molecule has 5 heteroatoms. The Morgan fingerprint density at radius 2 is 2.05 bits per heavy atom. The third kappa shape index (κ3) is 2.29. The van der Waals surface area contributed by atoms with Gasteiger partial charge in [-0.05, 0) is 13.1 Å². The third-order valence-corrected chi connectivity index (χ3v) is 3.97. The van der Waals surface area contributed by atoms with Crippen molar-refractivity contribution in [2.75, 3.05) is 38.1 Å². The summed E-state index contributed by atoms with van der Waals surface area (Å²) in [6.45, 7) is 6.11. The topological polar surface area (TPSA) is 40.9 Å². The number of piperazine rings is 1. The summed E-state index contributed by atoms with van der Waals surface area (Å²) in [4.78, 5) is 20.9. The van der Waals surface area contributed by atoms with Crippen molar-refractivity contribution >= 4 is 17.1 Å². The van der Waals surface area contributed by atoms with Gasteiger partial charge in [0.15, 0.2) is 5.78 Å². The highest BCUT2D eigenvalue weighted by molar-refractivity contribution is 5.95. The van der Waals surface area contributed by atoms with Crippen LogP contribution in [0.5, 0.6) is 0 Å². The maximum atomic E-state index is 11.8. The highest BCUT2D eigenvalue weighted by Crippen LogP contribution is 2.19. The molecule has 0 amide bonds. The zero-order chi connectivity index (χ0) is 14.1. The molecule has 0 unspecified atom stereocenters. The first-order chi connectivity index (χ1) is 9.69. The van der Waals surface area contributed by atoms with Crippen LogP contribution in [-0.4, -0.2) is 53.3 Å². The number of rotatable bonds is 3. The van der Waals surface area contributed by atoms with Crippen molar-refractivity contribution in [1.29, 1.82) is 0 Å². The van der Waals surface area contributed by atoms with Gasteiger partial charge in [0, 0.05) is 50.6 Å². The van der Waals surface area contributed by atoms with Crippen LogP contribution >= 0.6 is 0 Å². The van der Waals surface area contributed by atoms with Crippen molar-refractivity contribution in [2.45, 2.75) is 13.3 Å². The lowest BCUT2D eigenvalue weighted by Gasteiger charge is -2.34. The Bertz CT molecular complexity index is 626. The maximum absolute atomic E-state index is 11.8. The first-order valence-electron chi connectivity index (χ1n) is 7.13. The van der Waals surface area contributed by atoms with E-state index in [1.54, 1.807) is 6.20 Å². The molecule has 106 valence electrons. The van der Waals surface area contributed by atoms with Gasteiger partial charge in [0.25, 0.3) is 0 Å². The highest BCUT2D eigenvalue weighted by Gasteiger charge is 2.16. The number of pyridine rings is 1. The van der Waals surface area contributed by atoms with Gasteiger partial charge in [0.05, 0.1) is 6.20 Å². The molecule has 3 heterocycles. The van der Waals surface area contributed by atoms with E-state index in [9.17, 15) is 4.79 Å². The molecular weight excluding hydrogens is 252 g/mol. The first-order valence-corrected chi connectivity index (χ1v) is 7.13. The molecule has 0 spiro atoms. The van der Waals surface area contributed by atoms with E-state index in [4.69, 9.17) is 0 Å². The number of nitrogens with zero attached hydrogens (tertiary/aromatic N) is 4. The van der Waals surface area contributed by atoms with Crippen molar-refractivity contribution in [1.82, 2.24) is 14.3 Å². The van der Waals surface area contributed by atoms with E-state index in [0.29, 0.717) is 12.1 Å². The zero-order valence-electron chi connectivity index (χ0n) is 12.0. The molecule has 20 heavy (non-hydrogen) atoms. The Labute approximate surface area is 118 Å². The molecule has 0 N–H and O–H groups in total. The lowest BCUT2D eigenvalue weighted by Crippen LogP contribution is -2.44. The number of likely N-dealkylation sites (N-methyl/N-ethyl adjacent to an activating group) is 1. The second kappa shape index (κ2) is 5.25. The Morgan fingerprint density at radius 3 is 2.75 bits per heavy atom. The number of aromatic nitrogens is 2. The number of carbonyl (C=O) groups is 1. The molecule has 2 aromatic rings. The quantitative estimate of drug-likeness (QED) is 0.797. The summed E-state index contributed by atoms with van der Waals surface area (Å²) in [5.41, 5.74) is 2.71. The summed E-state index contributed by atoms with van der Waals surface area (Å²) in [5, 5.41) is 0. The Kier molecular flexibility index (Phi) is 3.44. The summed E-state index contributed by atoms with van der Waals surface area (Å²) in [6, 6.07) is 4.14. The molecule has 1 aliphatic rings. The summed E-state index contributed by atoms with van der Waals surface area (Å²) in [5.74, 6) is 0.129. The summed E-state index contributed by atoms with van der Waals surface area (Å²) in [6.07, 6.45) is 4.14. The number of hydrogen-bond acceptors (Lipinski definition) is 4. The van der Waals surface area contributed by atoms with Crippen LogP contribution in [0.25, 0.3) is 5.65 Å². The van der Waals surface area contributed by atoms with Crippen LogP contribution < -0.4 is 4.90 Å². The van der Waals surface area contributed by atoms with Crippen LogP contribution in [0.2, 0.25) is 0 Å². The molecule has 1 aliphatic heterocycles. The molecule has 1 fully saturated rings. The van der Waals surface area contributed by atoms with Gasteiger partial charge in [-0.15, -0.1) is 0 Å². The fraction of sp³-hybridized carbons (Fsp3) is 0.467. The lowest BCUT2D eigenvalue weighted by molar-refractivity contribution is 0.0982. The van der Waals surface area contributed by atoms with E-state index in [0.717, 1.165) is 31.8 Å². The van der Waals surface area contributed by atoms with Crippen molar-refractivity contribution in [2.24, 2.45) is 0 Å². The number of anilines is 1. The van der Waals surface area contributed by atoms with Crippen molar-refractivity contribution in [3.8, 4) is 0 Å². The molecule has 1 saturated heterocycles. The van der Waals surface area contributed by atoms with Crippen LogP contribution in [0.3, 0.4) is 0 Å². The van der Waals surface area contributed by atoms with E-state index in [1.165, 1.54) is 5.69 Å². The molecule has 0 radical (unpaired) electrons. The number of ketones is 1. The zero-order valence-corrected chi connectivity index (χ0v) is 12.0. The molecule has 5 nitrogen and oxygen atoms in total. The van der Waals surface area contributed by atoms with E-state index in [-0.39, 0.29) is 5.78 Å². The smallest absolute Gasteiger partial charge is 0.180 e. The van der Waals surface area contributed by atoms with Crippen LogP contribution in [0.4, 0.5) is 5.69 Å². The average molecular weight is 272 g/mol. The van der Waals surface area contributed by atoms with Crippen LogP contribution in [0.15, 0.2) is 24.5 Å².